The Labute approximate surface area is 146 Å². The summed E-state index contributed by atoms with van der Waals surface area (Å²) in [6.45, 7) is 0.425. The fraction of sp³-hybridized carbons (Fsp3) is 0.154. The maximum absolute atomic E-state index is 12.2. The van der Waals surface area contributed by atoms with Crippen LogP contribution in [0.2, 0.25) is 0 Å². The predicted molar refractivity (Wildman–Crippen MR) is 92.5 cm³/mol. The van der Waals surface area contributed by atoms with Gasteiger partial charge in [-0.05, 0) is 50.1 Å². The zero-order valence-electron chi connectivity index (χ0n) is 10.4. The van der Waals surface area contributed by atoms with Crippen LogP contribution in [-0.4, -0.2) is 13.0 Å². The lowest BCUT2D eigenvalue weighted by molar-refractivity contribution is 0.103. The summed E-state index contributed by atoms with van der Waals surface area (Å²) in [4.78, 5) is 12.9. The van der Waals surface area contributed by atoms with Crippen molar-refractivity contribution in [1.29, 1.82) is 0 Å². The first-order valence-corrected chi connectivity index (χ1v) is 8.75. The Hall–Kier alpha value is -0.210. The molecule has 1 aromatic heterocycles. The average Bonchev–Trinajstić information content (AvgIpc) is 2.74. The number of ether oxygens (including phenoxy) is 1. The molecule has 1 aromatic carbocycles. The minimum atomic E-state index is -0.142. The molecule has 106 valence electrons. The van der Waals surface area contributed by atoms with Crippen LogP contribution in [0.4, 0.5) is 5.69 Å². The molecular formula is C13H10Br3NO2S. The molecule has 0 saturated heterocycles. The molecule has 0 atom stereocenters. The van der Waals surface area contributed by atoms with Crippen LogP contribution in [0.1, 0.15) is 15.2 Å². The van der Waals surface area contributed by atoms with Crippen molar-refractivity contribution < 1.29 is 9.53 Å². The molecule has 0 spiro atoms. The first-order chi connectivity index (χ1) is 9.52. The quantitative estimate of drug-likeness (QED) is 0.629. The topological polar surface area (TPSA) is 38.3 Å². The van der Waals surface area contributed by atoms with Crippen molar-refractivity contribution in [2.75, 3.05) is 12.4 Å². The number of methoxy groups -OCH3 is 1. The number of carbonyl (C=O) groups is 1. The van der Waals surface area contributed by atoms with E-state index in [0.29, 0.717) is 11.5 Å². The molecule has 2 aromatic rings. The van der Waals surface area contributed by atoms with Crippen LogP contribution >= 0.6 is 59.1 Å². The fourth-order valence-electron chi connectivity index (χ4n) is 1.61. The highest BCUT2D eigenvalue weighted by molar-refractivity contribution is 9.13. The summed E-state index contributed by atoms with van der Waals surface area (Å²) in [5.74, 6) is -0.142. The summed E-state index contributed by atoms with van der Waals surface area (Å²) < 4.78 is 7.85. The molecule has 0 aliphatic rings. The van der Waals surface area contributed by atoms with Gasteiger partial charge in [0.05, 0.1) is 15.3 Å². The van der Waals surface area contributed by atoms with Crippen molar-refractivity contribution in [2.24, 2.45) is 0 Å². The fourth-order valence-corrected chi connectivity index (χ4v) is 4.02. The van der Waals surface area contributed by atoms with Gasteiger partial charge in [0.1, 0.15) is 0 Å². The number of benzene rings is 1. The lowest BCUT2D eigenvalue weighted by Gasteiger charge is -2.11. The lowest BCUT2D eigenvalue weighted by atomic mass is 10.2. The first-order valence-electron chi connectivity index (χ1n) is 5.55. The van der Waals surface area contributed by atoms with Gasteiger partial charge in [0.25, 0.3) is 5.91 Å². The largest absolute Gasteiger partial charge is 0.380 e. The second-order valence-electron chi connectivity index (χ2n) is 3.89. The van der Waals surface area contributed by atoms with E-state index in [2.05, 4.69) is 53.1 Å². The summed E-state index contributed by atoms with van der Waals surface area (Å²) >= 11 is 11.6. The van der Waals surface area contributed by atoms with E-state index >= 15 is 0 Å². The Morgan fingerprint density at radius 1 is 1.30 bits per heavy atom. The second-order valence-corrected chi connectivity index (χ2v) is 7.96. The zero-order chi connectivity index (χ0) is 14.7. The molecule has 0 bridgehead atoms. The van der Waals surface area contributed by atoms with Gasteiger partial charge in [-0.25, -0.2) is 0 Å². The monoisotopic (exact) mass is 481 g/mol. The van der Waals surface area contributed by atoms with Crippen molar-refractivity contribution in [2.45, 2.75) is 6.61 Å². The van der Waals surface area contributed by atoms with Gasteiger partial charge in [0.2, 0.25) is 0 Å². The Morgan fingerprint density at radius 3 is 2.65 bits per heavy atom. The molecule has 0 saturated carbocycles. The maximum Gasteiger partial charge on any atom is 0.265 e. The molecule has 0 aliphatic heterocycles. The van der Waals surface area contributed by atoms with Gasteiger partial charge in [-0.15, -0.1) is 11.3 Å². The number of anilines is 1. The van der Waals surface area contributed by atoms with Gasteiger partial charge in [-0.1, -0.05) is 22.0 Å². The summed E-state index contributed by atoms with van der Waals surface area (Å²) in [5, 5.41) is 2.91. The molecule has 0 fully saturated rings. The van der Waals surface area contributed by atoms with Crippen molar-refractivity contribution in [3.05, 3.63) is 47.4 Å². The van der Waals surface area contributed by atoms with Crippen LogP contribution in [-0.2, 0) is 11.3 Å². The molecule has 1 heterocycles. The number of nitrogens with one attached hydrogen (secondary N) is 1. The zero-order valence-corrected chi connectivity index (χ0v) is 15.9. The number of amides is 1. The van der Waals surface area contributed by atoms with E-state index in [1.54, 1.807) is 13.2 Å². The molecule has 0 radical (unpaired) electrons. The standard InChI is InChI=1S/C13H10Br3NO2S/c1-19-6-7-8(14)3-2-4-10(7)17-13(18)11-5-9(15)12(16)20-11/h2-5H,6H2,1H3,(H,17,18). The molecule has 20 heavy (non-hydrogen) atoms. The molecule has 7 heteroatoms. The van der Waals surface area contributed by atoms with E-state index in [9.17, 15) is 4.79 Å². The number of carbonyl (C=O) groups excluding carboxylic acids is 1. The molecule has 1 N–H and O–H groups in total. The van der Waals surface area contributed by atoms with Crippen LogP contribution in [0.25, 0.3) is 0 Å². The predicted octanol–water partition coefficient (Wildman–Crippen LogP) is 5.43. The summed E-state index contributed by atoms with van der Waals surface area (Å²) in [6, 6.07) is 7.44. The van der Waals surface area contributed by atoms with Crippen LogP contribution in [0.15, 0.2) is 37.0 Å². The third-order valence-electron chi connectivity index (χ3n) is 2.52. The third-order valence-corrected chi connectivity index (χ3v) is 6.52. The highest BCUT2D eigenvalue weighted by Crippen LogP contribution is 2.33. The summed E-state index contributed by atoms with van der Waals surface area (Å²) in [6.07, 6.45) is 0. The van der Waals surface area contributed by atoms with E-state index in [-0.39, 0.29) is 5.91 Å². The van der Waals surface area contributed by atoms with Gasteiger partial charge in [0.15, 0.2) is 0 Å². The van der Waals surface area contributed by atoms with Gasteiger partial charge in [0, 0.05) is 27.3 Å². The smallest absolute Gasteiger partial charge is 0.265 e. The minimum Gasteiger partial charge on any atom is -0.380 e. The van der Waals surface area contributed by atoms with Crippen LogP contribution < -0.4 is 5.32 Å². The number of rotatable bonds is 4. The third kappa shape index (κ3) is 3.71. The average molecular weight is 484 g/mol. The lowest BCUT2D eigenvalue weighted by Crippen LogP contribution is -2.12. The SMILES string of the molecule is COCc1c(Br)cccc1NC(=O)c1cc(Br)c(Br)s1. The number of thiophene rings is 1. The van der Waals surface area contributed by atoms with E-state index < -0.39 is 0 Å². The molecule has 0 unspecified atom stereocenters. The number of hydrogen-bond donors (Lipinski definition) is 1. The Morgan fingerprint density at radius 2 is 2.05 bits per heavy atom. The van der Waals surface area contributed by atoms with Gasteiger partial charge < -0.3 is 10.1 Å². The van der Waals surface area contributed by atoms with Gasteiger partial charge in [-0.2, -0.15) is 0 Å². The molecule has 3 nitrogen and oxygen atoms in total. The summed E-state index contributed by atoms with van der Waals surface area (Å²) in [7, 11) is 1.62. The maximum atomic E-state index is 12.2. The second kappa shape index (κ2) is 7.17. The Bertz CT molecular complexity index is 623. The highest BCUT2D eigenvalue weighted by Gasteiger charge is 2.14. The first kappa shape index (κ1) is 16.2. The van der Waals surface area contributed by atoms with Crippen molar-refractivity contribution in [3.63, 3.8) is 0 Å². The van der Waals surface area contributed by atoms with Crippen LogP contribution in [0.3, 0.4) is 0 Å². The number of hydrogen-bond acceptors (Lipinski definition) is 3. The summed E-state index contributed by atoms with van der Waals surface area (Å²) in [5.41, 5.74) is 1.66. The molecule has 1 amide bonds. The van der Waals surface area contributed by atoms with E-state index in [0.717, 1.165) is 24.0 Å². The van der Waals surface area contributed by atoms with Crippen molar-refractivity contribution in [3.8, 4) is 0 Å². The molecule has 0 aliphatic carbocycles. The van der Waals surface area contributed by atoms with Gasteiger partial charge >= 0.3 is 0 Å². The minimum absolute atomic E-state index is 0.142. The van der Waals surface area contributed by atoms with Crippen molar-refractivity contribution in [1.82, 2.24) is 0 Å². The van der Waals surface area contributed by atoms with E-state index in [1.807, 2.05) is 18.2 Å². The van der Waals surface area contributed by atoms with Gasteiger partial charge in [-0.3, -0.25) is 4.79 Å². The molecule has 2 rings (SSSR count). The van der Waals surface area contributed by atoms with Crippen LogP contribution in [0, 0.1) is 0 Å². The van der Waals surface area contributed by atoms with E-state index in [4.69, 9.17) is 4.74 Å². The van der Waals surface area contributed by atoms with Crippen LogP contribution in [0.5, 0.6) is 0 Å². The number of halogens is 3. The van der Waals surface area contributed by atoms with E-state index in [1.165, 1.54) is 11.3 Å². The highest BCUT2D eigenvalue weighted by atomic mass is 79.9. The molecular weight excluding hydrogens is 474 g/mol. The van der Waals surface area contributed by atoms with Crippen molar-refractivity contribution >= 4 is 70.7 Å². The normalized spacial score (nSPS) is 10.6. The Balaban J connectivity index is 2.25. The Kier molecular flexibility index (Phi) is 5.80.